The molecule has 0 spiro atoms. The van der Waals surface area contributed by atoms with Crippen LogP contribution in [0.2, 0.25) is 0 Å². The van der Waals surface area contributed by atoms with Gasteiger partial charge in [0.1, 0.15) is 5.60 Å². The molecule has 0 saturated carbocycles. The van der Waals surface area contributed by atoms with Crippen molar-refractivity contribution in [2.24, 2.45) is 0 Å². The molecule has 5 heteroatoms. The normalized spacial score (nSPS) is 23.1. The van der Waals surface area contributed by atoms with Crippen LogP contribution >= 0.6 is 0 Å². The Kier molecular flexibility index (Phi) is 4.04. The summed E-state index contributed by atoms with van der Waals surface area (Å²) in [6.07, 6.45) is 3.19. The zero-order valence-electron chi connectivity index (χ0n) is 11.6. The molecule has 0 aliphatic carbocycles. The highest BCUT2D eigenvalue weighted by Crippen LogP contribution is 2.22. The number of rotatable bonds is 2. The lowest BCUT2D eigenvalue weighted by Crippen LogP contribution is -2.42. The van der Waals surface area contributed by atoms with E-state index in [1.807, 2.05) is 32.9 Å². The first-order valence-electron chi connectivity index (χ1n) is 6.56. The van der Waals surface area contributed by atoms with Crippen LogP contribution in [0.5, 0.6) is 0 Å². The van der Waals surface area contributed by atoms with Crippen molar-refractivity contribution in [1.82, 2.24) is 15.6 Å². The molecule has 0 radical (unpaired) electrons. The summed E-state index contributed by atoms with van der Waals surface area (Å²) in [5.41, 5.74) is 0.712. The van der Waals surface area contributed by atoms with Gasteiger partial charge in [-0.25, -0.2) is 4.79 Å². The smallest absolute Gasteiger partial charge is 0.407 e. The Morgan fingerprint density at radius 2 is 2.05 bits per heavy atom. The molecule has 1 aliphatic rings. The Hall–Kier alpha value is -1.62. The van der Waals surface area contributed by atoms with Crippen LogP contribution in [0.3, 0.4) is 0 Å². The minimum absolute atomic E-state index is 0.0530. The number of amides is 1. The van der Waals surface area contributed by atoms with Gasteiger partial charge < -0.3 is 15.4 Å². The molecule has 0 unspecified atom stereocenters. The molecule has 2 atom stereocenters. The topological polar surface area (TPSA) is 63.2 Å². The largest absolute Gasteiger partial charge is 0.444 e. The molecule has 2 heterocycles. The van der Waals surface area contributed by atoms with Crippen LogP contribution in [0, 0.1) is 0 Å². The third-order valence-corrected chi connectivity index (χ3v) is 3.05. The number of hydrogen-bond donors (Lipinski definition) is 2. The Morgan fingerprint density at radius 1 is 1.37 bits per heavy atom. The van der Waals surface area contributed by atoms with Gasteiger partial charge in [-0.3, -0.25) is 4.98 Å². The van der Waals surface area contributed by atoms with Crippen LogP contribution in [-0.2, 0) is 4.74 Å². The minimum atomic E-state index is -0.470. The fraction of sp³-hybridized carbons (Fsp3) is 0.571. The summed E-state index contributed by atoms with van der Waals surface area (Å²) in [7, 11) is 0. The number of carbonyl (C=O) groups excluding carboxylic acids is 1. The van der Waals surface area contributed by atoms with Gasteiger partial charge in [-0.1, -0.05) is 0 Å². The van der Waals surface area contributed by atoms with Crippen molar-refractivity contribution in [3.05, 3.63) is 30.1 Å². The molecule has 1 saturated heterocycles. The van der Waals surface area contributed by atoms with Gasteiger partial charge in [-0.2, -0.15) is 0 Å². The zero-order valence-corrected chi connectivity index (χ0v) is 11.6. The number of hydrogen-bond acceptors (Lipinski definition) is 4. The van der Waals surface area contributed by atoms with Gasteiger partial charge in [0.2, 0.25) is 0 Å². The predicted octanol–water partition coefficient (Wildman–Crippen LogP) is 1.66. The van der Waals surface area contributed by atoms with E-state index in [1.54, 1.807) is 12.4 Å². The molecular formula is C14H21N3O2. The molecule has 0 aromatic carbocycles. The van der Waals surface area contributed by atoms with E-state index >= 15 is 0 Å². The average molecular weight is 263 g/mol. The Balaban J connectivity index is 1.98. The molecule has 104 valence electrons. The fourth-order valence-corrected chi connectivity index (χ4v) is 2.25. The standard InChI is InChI=1S/C14H21N3O2/c1-14(2,3)19-13(18)17-12-9-16-8-11(12)10-4-6-15-7-5-10/h4-7,11-12,16H,8-9H2,1-3H3,(H,17,18)/t11-,12+/m1/s1. The fourth-order valence-electron chi connectivity index (χ4n) is 2.25. The van der Waals surface area contributed by atoms with Gasteiger partial charge in [-0.15, -0.1) is 0 Å². The molecule has 1 amide bonds. The van der Waals surface area contributed by atoms with Crippen molar-refractivity contribution in [3.63, 3.8) is 0 Å². The summed E-state index contributed by atoms with van der Waals surface area (Å²) >= 11 is 0. The second-order valence-electron chi connectivity index (χ2n) is 5.80. The van der Waals surface area contributed by atoms with E-state index in [1.165, 1.54) is 5.56 Å². The molecule has 1 aromatic heterocycles. The number of aromatic nitrogens is 1. The van der Waals surface area contributed by atoms with Crippen LogP contribution in [0.4, 0.5) is 4.79 Å². The van der Waals surface area contributed by atoms with Crippen molar-refractivity contribution in [1.29, 1.82) is 0 Å². The SMILES string of the molecule is CC(C)(C)OC(=O)N[C@H]1CNC[C@@H]1c1ccncc1. The molecule has 19 heavy (non-hydrogen) atoms. The van der Waals surface area contributed by atoms with E-state index in [0.29, 0.717) is 0 Å². The molecule has 1 fully saturated rings. The molecule has 1 aromatic rings. The van der Waals surface area contributed by atoms with E-state index in [0.717, 1.165) is 13.1 Å². The molecule has 2 rings (SSSR count). The Labute approximate surface area is 113 Å². The van der Waals surface area contributed by atoms with Crippen LogP contribution < -0.4 is 10.6 Å². The van der Waals surface area contributed by atoms with Crippen molar-refractivity contribution in [2.75, 3.05) is 13.1 Å². The van der Waals surface area contributed by atoms with Crippen molar-refractivity contribution in [3.8, 4) is 0 Å². The van der Waals surface area contributed by atoms with Crippen molar-refractivity contribution >= 4 is 6.09 Å². The lowest BCUT2D eigenvalue weighted by molar-refractivity contribution is 0.0504. The van der Waals surface area contributed by atoms with Crippen LogP contribution in [-0.4, -0.2) is 35.8 Å². The Morgan fingerprint density at radius 3 is 2.68 bits per heavy atom. The highest BCUT2D eigenvalue weighted by atomic mass is 16.6. The van der Waals surface area contributed by atoms with E-state index in [4.69, 9.17) is 4.74 Å². The number of carbonyl (C=O) groups is 1. The van der Waals surface area contributed by atoms with Crippen LogP contribution in [0.1, 0.15) is 32.3 Å². The van der Waals surface area contributed by atoms with Gasteiger partial charge in [0.15, 0.2) is 0 Å². The van der Waals surface area contributed by atoms with Crippen molar-refractivity contribution < 1.29 is 9.53 Å². The maximum atomic E-state index is 11.8. The number of ether oxygens (including phenoxy) is 1. The zero-order chi connectivity index (χ0) is 13.9. The van der Waals surface area contributed by atoms with Gasteiger partial charge in [0.05, 0.1) is 6.04 Å². The number of nitrogens with one attached hydrogen (secondary N) is 2. The quantitative estimate of drug-likeness (QED) is 0.852. The summed E-state index contributed by atoms with van der Waals surface area (Å²) in [5, 5.41) is 6.24. The number of nitrogens with zero attached hydrogens (tertiary/aromatic N) is 1. The molecule has 2 N–H and O–H groups in total. The number of pyridine rings is 1. The van der Waals surface area contributed by atoms with E-state index < -0.39 is 5.60 Å². The minimum Gasteiger partial charge on any atom is -0.444 e. The van der Waals surface area contributed by atoms with Gasteiger partial charge in [0, 0.05) is 31.4 Å². The first-order valence-corrected chi connectivity index (χ1v) is 6.56. The monoisotopic (exact) mass is 263 g/mol. The third-order valence-electron chi connectivity index (χ3n) is 3.05. The van der Waals surface area contributed by atoms with E-state index in [9.17, 15) is 4.79 Å². The third kappa shape index (κ3) is 3.92. The average Bonchev–Trinajstić information content (AvgIpc) is 2.75. The van der Waals surface area contributed by atoms with Crippen molar-refractivity contribution in [2.45, 2.75) is 38.3 Å². The maximum absolute atomic E-state index is 11.8. The summed E-state index contributed by atoms with van der Waals surface area (Å²) in [6, 6.07) is 4.03. The first kappa shape index (κ1) is 13.8. The van der Waals surface area contributed by atoms with Gasteiger partial charge in [0.25, 0.3) is 0 Å². The van der Waals surface area contributed by atoms with Gasteiger partial charge in [-0.05, 0) is 38.5 Å². The summed E-state index contributed by atoms with van der Waals surface area (Å²) in [6.45, 7) is 7.19. The highest BCUT2D eigenvalue weighted by Gasteiger charge is 2.30. The van der Waals surface area contributed by atoms with Gasteiger partial charge >= 0.3 is 6.09 Å². The molecule has 0 bridgehead atoms. The lowest BCUT2D eigenvalue weighted by Gasteiger charge is -2.24. The highest BCUT2D eigenvalue weighted by molar-refractivity contribution is 5.68. The van der Waals surface area contributed by atoms with Crippen LogP contribution in [0.15, 0.2) is 24.5 Å². The second-order valence-corrected chi connectivity index (χ2v) is 5.80. The predicted molar refractivity (Wildman–Crippen MR) is 73.0 cm³/mol. The van der Waals surface area contributed by atoms with E-state index in [-0.39, 0.29) is 18.1 Å². The maximum Gasteiger partial charge on any atom is 0.407 e. The summed E-state index contributed by atoms with van der Waals surface area (Å²) in [4.78, 5) is 15.8. The van der Waals surface area contributed by atoms with Crippen LogP contribution in [0.25, 0.3) is 0 Å². The first-order chi connectivity index (χ1) is 8.96. The second kappa shape index (κ2) is 5.57. The number of alkyl carbamates (subject to hydrolysis) is 1. The van der Waals surface area contributed by atoms with E-state index in [2.05, 4.69) is 15.6 Å². The summed E-state index contributed by atoms with van der Waals surface area (Å²) in [5.74, 6) is 0.260. The summed E-state index contributed by atoms with van der Waals surface area (Å²) < 4.78 is 5.29. The molecule has 5 nitrogen and oxygen atoms in total. The molecular weight excluding hydrogens is 242 g/mol. The Bertz CT molecular complexity index is 428. The molecule has 1 aliphatic heterocycles. The lowest BCUT2D eigenvalue weighted by atomic mass is 9.95.